The first-order chi connectivity index (χ1) is 13.3. The molecule has 1 aromatic heterocycles. The quantitative estimate of drug-likeness (QED) is 0.671. The van der Waals surface area contributed by atoms with Gasteiger partial charge in [0.25, 0.3) is 0 Å². The lowest BCUT2D eigenvalue weighted by atomic mass is 9.91. The lowest BCUT2D eigenvalue weighted by molar-refractivity contribution is -0.123. The van der Waals surface area contributed by atoms with Crippen LogP contribution >= 0.6 is 23.2 Å². The molecule has 0 amide bonds. The van der Waals surface area contributed by atoms with Gasteiger partial charge in [-0.3, -0.25) is 9.78 Å². The van der Waals surface area contributed by atoms with Crippen molar-refractivity contribution in [3.63, 3.8) is 0 Å². The molecule has 1 saturated heterocycles. The maximum atomic E-state index is 12.8. The number of Topliss-reactive ketones (excluding diaryl/α,β-unsaturated/α-hetero) is 1. The largest absolute Gasteiger partial charge is 0.299 e. The van der Waals surface area contributed by atoms with Crippen molar-refractivity contribution in [3.8, 4) is 0 Å². The van der Waals surface area contributed by atoms with Gasteiger partial charge in [-0.1, -0.05) is 29.3 Å². The number of benzene rings is 1. The molecule has 0 atom stereocenters. The lowest BCUT2D eigenvalue weighted by Gasteiger charge is -2.30. The van der Waals surface area contributed by atoms with Gasteiger partial charge in [-0.2, -0.15) is 4.31 Å². The highest BCUT2D eigenvalue weighted by molar-refractivity contribution is 7.89. The van der Waals surface area contributed by atoms with Crippen LogP contribution in [-0.2, 0) is 21.2 Å². The summed E-state index contributed by atoms with van der Waals surface area (Å²) >= 11 is 11.9. The Hall–Kier alpha value is -1.47. The monoisotopic (exact) mass is 440 g/mol. The molecular formula is C20H22Cl2N2O3S. The lowest BCUT2D eigenvalue weighted by Crippen LogP contribution is -2.40. The Bertz CT molecular complexity index is 951. The summed E-state index contributed by atoms with van der Waals surface area (Å²) in [6.45, 7) is 2.55. The summed E-state index contributed by atoms with van der Waals surface area (Å²) in [6, 6.07) is 10.1. The van der Waals surface area contributed by atoms with Crippen molar-refractivity contribution in [1.82, 2.24) is 9.29 Å². The summed E-state index contributed by atoms with van der Waals surface area (Å²) in [5.74, 6) is 0.0605. The molecule has 1 aliphatic heterocycles. The number of halogens is 2. The minimum Gasteiger partial charge on any atom is -0.299 e. The first kappa shape index (κ1) is 21.2. The average molecular weight is 441 g/mol. The van der Waals surface area contributed by atoms with Crippen molar-refractivity contribution in [2.24, 2.45) is 5.92 Å². The summed E-state index contributed by atoms with van der Waals surface area (Å²) in [6.07, 6.45) is 2.08. The van der Waals surface area contributed by atoms with Crippen LogP contribution in [0.15, 0.2) is 41.3 Å². The number of nitrogens with zero attached hydrogens (tertiary/aromatic N) is 2. The van der Waals surface area contributed by atoms with E-state index in [1.807, 2.05) is 25.1 Å². The van der Waals surface area contributed by atoms with E-state index in [0.29, 0.717) is 38.8 Å². The third kappa shape index (κ3) is 5.11. The van der Waals surface area contributed by atoms with E-state index in [-0.39, 0.29) is 26.6 Å². The zero-order chi connectivity index (χ0) is 20.3. The second-order valence-electron chi connectivity index (χ2n) is 7.02. The number of hydrogen-bond donors (Lipinski definition) is 0. The van der Waals surface area contributed by atoms with Gasteiger partial charge in [0.2, 0.25) is 10.0 Å². The normalized spacial score (nSPS) is 16.2. The fourth-order valence-electron chi connectivity index (χ4n) is 3.44. The highest BCUT2D eigenvalue weighted by atomic mass is 35.5. The molecule has 1 aromatic carbocycles. The Morgan fingerprint density at radius 3 is 2.39 bits per heavy atom. The van der Waals surface area contributed by atoms with Crippen LogP contribution in [0.4, 0.5) is 0 Å². The van der Waals surface area contributed by atoms with Gasteiger partial charge in [-0.25, -0.2) is 8.42 Å². The van der Waals surface area contributed by atoms with Crippen molar-refractivity contribution in [1.29, 1.82) is 0 Å². The number of ketones is 1. The zero-order valence-electron chi connectivity index (χ0n) is 15.6. The summed E-state index contributed by atoms with van der Waals surface area (Å²) in [5.41, 5.74) is 1.84. The molecule has 8 heteroatoms. The molecule has 0 N–H and O–H groups in total. The Labute approximate surface area is 175 Å². The van der Waals surface area contributed by atoms with E-state index >= 15 is 0 Å². The number of carbonyl (C=O) groups is 1. The van der Waals surface area contributed by atoms with E-state index in [1.54, 1.807) is 0 Å². The third-order valence-electron chi connectivity index (χ3n) is 4.96. The van der Waals surface area contributed by atoms with Crippen molar-refractivity contribution in [2.45, 2.75) is 37.5 Å². The minimum absolute atomic E-state index is 0.0836. The maximum Gasteiger partial charge on any atom is 0.243 e. The van der Waals surface area contributed by atoms with E-state index in [2.05, 4.69) is 4.98 Å². The number of sulfonamides is 1. The van der Waals surface area contributed by atoms with Crippen molar-refractivity contribution in [3.05, 3.63) is 57.8 Å². The van der Waals surface area contributed by atoms with Gasteiger partial charge in [0, 0.05) is 46.9 Å². The molecule has 0 radical (unpaired) electrons. The summed E-state index contributed by atoms with van der Waals surface area (Å²) in [4.78, 5) is 17.0. The van der Waals surface area contributed by atoms with Crippen LogP contribution in [0.25, 0.3) is 0 Å². The van der Waals surface area contributed by atoms with Crippen molar-refractivity contribution in [2.75, 3.05) is 13.1 Å². The van der Waals surface area contributed by atoms with Crippen molar-refractivity contribution >= 4 is 39.0 Å². The molecule has 1 aliphatic rings. The van der Waals surface area contributed by atoms with Crippen LogP contribution < -0.4 is 0 Å². The SMILES string of the molecule is Cc1cccc(CCC(=O)C2CCN(S(=O)(=O)c3cc(Cl)cc(Cl)c3)CC2)n1. The smallest absolute Gasteiger partial charge is 0.243 e. The Morgan fingerprint density at radius 2 is 1.79 bits per heavy atom. The zero-order valence-corrected chi connectivity index (χ0v) is 17.9. The molecule has 3 rings (SSSR count). The van der Waals surface area contributed by atoms with E-state index in [1.165, 1.54) is 22.5 Å². The first-order valence-corrected chi connectivity index (χ1v) is 11.4. The van der Waals surface area contributed by atoms with E-state index in [0.717, 1.165) is 11.4 Å². The van der Waals surface area contributed by atoms with E-state index in [9.17, 15) is 13.2 Å². The number of hydrogen-bond acceptors (Lipinski definition) is 4. The maximum absolute atomic E-state index is 12.8. The van der Waals surface area contributed by atoms with E-state index in [4.69, 9.17) is 23.2 Å². The fourth-order valence-corrected chi connectivity index (χ4v) is 5.64. The molecule has 2 aromatic rings. The number of aryl methyl sites for hydroxylation is 2. The number of aromatic nitrogens is 1. The van der Waals surface area contributed by atoms with Crippen LogP contribution in [0.1, 0.15) is 30.7 Å². The van der Waals surface area contributed by atoms with Crippen LogP contribution in [0.2, 0.25) is 10.0 Å². The highest BCUT2D eigenvalue weighted by Gasteiger charge is 2.32. The predicted molar refractivity (Wildman–Crippen MR) is 110 cm³/mol. The number of rotatable bonds is 6. The van der Waals surface area contributed by atoms with Gasteiger partial charge < -0.3 is 0 Å². The molecule has 150 valence electrons. The van der Waals surface area contributed by atoms with Crippen LogP contribution in [0, 0.1) is 12.8 Å². The summed E-state index contributed by atoms with van der Waals surface area (Å²) < 4.78 is 27.1. The summed E-state index contributed by atoms with van der Waals surface area (Å²) in [7, 11) is -3.67. The molecule has 0 bridgehead atoms. The molecule has 2 heterocycles. The first-order valence-electron chi connectivity index (χ1n) is 9.17. The standard InChI is InChI=1S/C20H22Cl2N2O3S/c1-14-3-2-4-18(23-14)5-6-20(25)15-7-9-24(10-8-15)28(26,27)19-12-16(21)11-17(22)13-19/h2-4,11-13,15H,5-10H2,1H3. The fraction of sp³-hybridized carbons (Fsp3) is 0.400. The number of piperidine rings is 1. The molecule has 0 spiro atoms. The van der Waals surface area contributed by atoms with Crippen LogP contribution in [0.5, 0.6) is 0 Å². The molecule has 5 nitrogen and oxygen atoms in total. The second kappa shape index (κ2) is 8.91. The molecule has 0 aliphatic carbocycles. The average Bonchev–Trinajstić information content (AvgIpc) is 2.65. The topological polar surface area (TPSA) is 67.3 Å². The van der Waals surface area contributed by atoms with Gasteiger partial charge >= 0.3 is 0 Å². The molecule has 28 heavy (non-hydrogen) atoms. The van der Waals surface area contributed by atoms with Crippen molar-refractivity contribution < 1.29 is 13.2 Å². The van der Waals surface area contributed by atoms with Gasteiger partial charge in [0.05, 0.1) is 4.90 Å². The number of pyridine rings is 1. The Balaban J connectivity index is 1.58. The van der Waals surface area contributed by atoms with Gasteiger partial charge in [0.15, 0.2) is 0 Å². The van der Waals surface area contributed by atoms with Gasteiger partial charge in [-0.05, 0) is 56.5 Å². The minimum atomic E-state index is -3.67. The third-order valence-corrected chi connectivity index (χ3v) is 7.27. The van der Waals surface area contributed by atoms with Crippen LogP contribution in [-0.4, -0.2) is 36.6 Å². The number of carbonyl (C=O) groups excluding carboxylic acids is 1. The highest BCUT2D eigenvalue weighted by Crippen LogP contribution is 2.28. The van der Waals surface area contributed by atoms with E-state index < -0.39 is 10.0 Å². The Morgan fingerprint density at radius 1 is 1.14 bits per heavy atom. The molecule has 0 saturated carbocycles. The van der Waals surface area contributed by atoms with Gasteiger partial charge in [-0.15, -0.1) is 0 Å². The molecule has 1 fully saturated rings. The predicted octanol–water partition coefficient (Wildman–Crippen LogP) is 4.30. The summed E-state index contributed by atoms with van der Waals surface area (Å²) in [5, 5.41) is 0.557. The second-order valence-corrected chi connectivity index (χ2v) is 9.83. The molecule has 0 unspecified atom stereocenters. The van der Waals surface area contributed by atoms with Gasteiger partial charge in [0.1, 0.15) is 5.78 Å². The Kier molecular flexibility index (Phi) is 6.76. The molecular weight excluding hydrogens is 419 g/mol. The van der Waals surface area contributed by atoms with Crippen LogP contribution in [0.3, 0.4) is 0 Å².